The summed E-state index contributed by atoms with van der Waals surface area (Å²) in [5.74, 6) is 0.348. The van der Waals surface area contributed by atoms with E-state index >= 15 is 0 Å². The molecule has 2 heterocycles. The summed E-state index contributed by atoms with van der Waals surface area (Å²) in [7, 11) is -1.73. The Bertz CT molecular complexity index is 547. The molecule has 0 bridgehead atoms. The predicted octanol–water partition coefficient (Wildman–Crippen LogP) is 2.04. The van der Waals surface area contributed by atoms with Crippen molar-refractivity contribution in [2.24, 2.45) is 5.92 Å². The molecule has 21 heavy (non-hydrogen) atoms. The maximum atomic E-state index is 12.6. The number of piperidine rings is 1. The fraction of sp³-hybridized carbons (Fsp3) is 0.692. The lowest BCUT2D eigenvalue weighted by molar-refractivity contribution is 0.193. The number of ether oxygens (including phenoxy) is 1. The third kappa shape index (κ3) is 4.64. The van der Waals surface area contributed by atoms with Crippen molar-refractivity contribution >= 4 is 33.0 Å². The Morgan fingerprint density at radius 3 is 3.00 bits per heavy atom. The lowest BCUT2D eigenvalue weighted by Crippen LogP contribution is -2.42. The van der Waals surface area contributed by atoms with Crippen LogP contribution in [0.3, 0.4) is 0 Å². The molecule has 0 saturated carbocycles. The van der Waals surface area contributed by atoms with Crippen molar-refractivity contribution in [3.8, 4) is 0 Å². The zero-order valence-corrected chi connectivity index (χ0v) is 14.4. The molecule has 1 aromatic rings. The van der Waals surface area contributed by atoms with E-state index in [0.717, 1.165) is 37.3 Å². The van der Waals surface area contributed by atoms with E-state index in [4.69, 9.17) is 16.3 Å². The fourth-order valence-electron chi connectivity index (χ4n) is 2.46. The molecule has 1 aliphatic heterocycles. The monoisotopic (exact) mass is 352 g/mol. The highest BCUT2D eigenvalue weighted by Gasteiger charge is 2.31. The van der Waals surface area contributed by atoms with E-state index in [1.54, 1.807) is 23.5 Å². The van der Waals surface area contributed by atoms with E-state index in [1.807, 2.05) is 0 Å². The Morgan fingerprint density at radius 1 is 1.52 bits per heavy atom. The number of sulfonamides is 1. The highest BCUT2D eigenvalue weighted by molar-refractivity contribution is 7.91. The highest BCUT2D eigenvalue weighted by atomic mass is 35.5. The molecule has 0 aromatic carbocycles. The summed E-state index contributed by atoms with van der Waals surface area (Å²) in [5.41, 5.74) is 0. The van der Waals surface area contributed by atoms with E-state index in [1.165, 1.54) is 0 Å². The van der Waals surface area contributed by atoms with Gasteiger partial charge in [-0.1, -0.05) is 11.6 Å². The molecule has 1 saturated heterocycles. The summed E-state index contributed by atoms with van der Waals surface area (Å²) >= 11 is 6.96. The van der Waals surface area contributed by atoms with Gasteiger partial charge in [0.2, 0.25) is 0 Å². The van der Waals surface area contributed by atoms with Gasteiger partial charge in [-0.2, -0.15) is 4.31 Å². The minimum atomic E-state index is -3.39. The summed E-state index contributed by atoms with van der Waals surface area (Å²) in [6.45, 7) is 3.44. The molecule has 2 rings (SSSR count). The number of thiophene rings is 1. The molecule has 1 fully saturated rings. The molecule has 1 N–H and O–H groups in total. The first kappa shape index (κ1) is 17.2. The topological polar surface area (TPSA) is 58.6 Å². The first-order valence-electron chi connectivity index (χ1n) is 6.99. The van der Waals surface area contributed by atoms with Crippen molar-refractivity contribution in [1.82, 2.24) is 9.62 Å². The normalized spacial score (nSPS) is 20.8. The molecule has 1 aromatic heterocycles. The molecule has 0 amide bonds. The average molecular weight is 353 g/mol. The Balaban J connectivity index is 1.94. The number of nitrogens with zero attached hydrogens (tertiary/aromatic N) is 1. The number of hydrogen-bond acceptors (Lipinski definition) is 5. The van der Waals surface area contributed by atoms with Crippen LogP contribution >= 0.6 is 22.9 Å². The third-order valence-corrected chi connectivity index (χ3v) is 7.10. The molecule has 0 spiro atoms. The Morgan fingerprint density at radius 2 is 2.33 bits per heavy atom. The van der Waals surface area contributed by atoms with Crippen molar-refractivity contribution < 1.29 is 13.2 Å². The van der Waals surface area contributed by atoms with Crippen LogP contribution in [-0.2, 0) is 14.8 Å². The molecular formula is C13H21ClN2O3S2. The van der Waals surface area contributed by atoms with E-state index < -0.39 is 10.0 Å². The van der Waals surface area contributed by atoms with Gasteiger partial charge < -0.3 is 10.1 Å². The third-order valence-electron chi connectivity index (χ3n) is 3.54. The van der Waals surface area contributed by atoms with Crippen LogP contribution in [0.4, 0.5) is 0 Å². The molecule has 1 atom stereocenters. The fourth-order valence-corrected chi connectivity index (χ4v) is 5.65. The van der Waals surface area contributed by atoms with Crippen LogP contribution < -0.4 is 5.32 Å². The number of rotatable bonds is 7. The quantitative estimate of drug-likeness (QED) is 0.763. The van der Waals surface area contributed by atoms with E-state index in [9.17, 15) is 8.42 Å². The summed E-state index contributed by atoms with van der Waals surface area (Å²) in [5, 5.41) is 3.31. The Hall–Kier alpha value is -0.180. The van der Waals surface area contributed by atoms with Gasteiger partial charge >= 0.3 is 0 Å². The molecular weight excluding hydrogens is 332 g/mol. The zero-order valence-electron chi connectivity index (χ0n) is 12.0. The highest BCUT2D eigenvalue weighted by Crippen LogP contribution is 2.30. The molecule has 120 valence electrons. The maximum Gasteiger partial charge on any atom is 0.252 e. The summed E-state index contributed by atoms with van der Waals surface area (Å²) in [6.07, 6.45) is 1.95. The number of halogens is 1. The lowest BCUT2D eigenvalue weighted by Gasteiger charge is -2.31. The second-order valence-electron chi connectivity index (χ2n) is 5.13. The van der Waals surface area contributed by atoms with Gasteiger partial charge in [0, 0.05) is 26.7 Å². The van der Waals surface area contributed by atoms with E-state index in [0.29, 0.717) is 34.2 Å². The van der Waals surface area contributed by atoms with Crippen molar-refractivity contribution in [3.05, 3.63) is 16.5 Å². The molecule has 5 nitrogen and oxygen atoms in total. The summed E-state index contributed by atoms with van der Waals surface area (Å²) in [6, 6.07) is 3.22. The van der Waals surface area contributed by atoms with Crippen LogP contribution in [0.15, 0.2) is 16.3 Å². The molecule has 8 heteroatoms. The van der Waals surface area contributed by atoms with Crippen LogP contribution in [-0.4, -0.2) is 52.6 Å². The second-order valence-corrected chi connectivity index (χ2v) is 9.01. The van der Waals surface area contributed by atoms with Crippen LogP contribution in [0.2, 0.25) is 4.34 Å². The molecule has 1 aliphatic rings. The van der Waals surface area contributed by atoms with Gasteiger partial charge in [0.25, 0.3) is 10.0 Å². The lowest BCUT2D eigenvalue weighted by atomic mass is 10.00. The number of hydrogen-bond donors (Lipinski definition) is 1. The van der Waals surface area contributed by atoms with Crippen LogP contribution in [0, 0.1) is 5.92 Å². The van der Waals surface area contributed by atoms with Crippen molar-refractivity contribution in [2.75, 3.05) is 39.9 Å². The largest absolute Gasteiger partial charge is 0.383 e. The zero-order chi connectivity index (χ0) is 15.3. The number of methoxy groups -OCH3 is 1. The first-order valence-corrected chi connectivity index (χ1v) is 9.62. The van der Waals surface area contributed by atoms with Crippen molar-refractivity contribution in [3.63, 3.8) is 0 Å². The average Bonchev–Trinajstić information content (AvgIpc) is 2.91. The number of nitrogens with one attached hydrogen (secondary N) is 1. The van der Waals surface area contributed by atoms with Gasteiger partial charge in [-0.3, -0.25) is 0 Å². The van der Waals surface area contributed by atoms with Gasteiger partial charge in [0.1, 0.15) is 4.21 Å². The smallest absolute Gasteiger partial charge is 0.252 e. The van der Waals surface area contributed by atoms with Gasteiger partial charge in [0.15, 0.2) is 0 Å². The van der Waals surface area contributed by atoms with E-state index in [-0.39, 0.29) is 0 Å². The first-order chi connectivity index (χ1) is 10.0. The van der Waals surface area contributed by atoms with Crippen molar-refractivity contribution in [1.29, 1.82) is 0 Å². The summed E-state index contributed by atoms with van der Waals surface area (Å²) < 4.78 is 32.5. The minimum absolute atomic E-state index is 0.334. The van der Waals surface area contributed by atoms with Gasteiger partial charge in [-0.15, -0.1) is 11.3 Å². The molecule has 1 unspecified atom stereocenters. The van der Waals surface area contributed by atoms with Crippen LogP contribution in [0.5, 0.6) is 0 Å². The van der Waals surface area contributed by atoms with E-state index in [2.05, 4.69) is 5.32 Å². The Labute approximate surface area is 135 Å². The van der Waals surface area contributed by atoms with Crippen LogP contribution in [0.25, 0.3) is 0 Å². The van der Waals surface area contributed by atoms with Crippen molar-refractivity contribution in [2.45, 2.75) is 17.1 Å². The maximum absolute atomic E-state index is 12.6. The summed E-state index contributed by atoms with van der Waals surface area (Å²) in [4.78, 5) is 0. The second kappa shape index (κ2) is 7.89. The standard InChI is InChI=1S/C13H21ClN2O3S2/c1-19-8-6-15-9-11-3-2-7-16(10-11)21(17,18)13-5-4-12(14)20-13/h4-5,11,15H,2-3,6-10H2,1H3. The van der Waals surface area contributed by atoms with Crippen LogP contribution in [0.1, 0.15) is 12.8 Å². The molecule has 0 aliphatic carbocycles. The minimum Gasteiger partial charge on any atom is -0.383 e. The van der Waals surface area contributed by atoms with Gasteiger partial charge in [-0.05, 0) is 37.4 Å². The Kier molecular flexibility index (Phi) is 6.46. The van der Waals surface area contributed by atoms with Gasteiger partial charge in [-0.25, -0.2) is 8.42 Å². The SMILES string of the molecule is COCCNCC1CCCN(S(=O)(=O)c2ccc(Cl)s2)C1. The van der Waals surface area contributed by atoms with Gasteiger partial charge in [0.05, 0.1) is 10.9 Å². The molecule has 0 radical (unpaired) electrons. The predicted molar refractivity (Wildman–Crippen MR) is 85.6 cm³/mol.